The first kappa shape index (κ1) is 12.7. The van der Waals surface area contributed by atoms with Gasteiger partial charge < -0.3 is 11.5 Å². The van der Waals surface area contributed by atoms with Gasteiger partial charge in [-0.3, -0.25) is 0 Å². The molecule has 2 nitrogen and oxygen atoms in total. The second kappa shape index (κ2) is 5.76. The fraction of sp³-hybridized carbons (Fsp3) is 0.133. The van der Waals surface area contributed by atoms with Crippen LogP contribution in [0.15, 0.2) is 60.7 Å². The monoisotopic (exact) mass is 256 g/mol. The van der Waals surface area contributed by atoms with Crippen molar-refractivity contribution in [3.63, 3.8) is 0 Å². The highest BCUT2D eigenvalue weighted by Crippen LogP contribution is 2.29. The average Bonchev–Trinajstić information content (AvgIpc) is 2.40. The van der Waals surface area contributed by atoms with Crippen LogP contribution in [0, 0.1) is 0 Å². The summed E-state index contributed by atoms with van der Waals surface area (Å²) < 4.78 is 0. The molecule has 0 heterocycles. The standard InChI is InChI=1S/C15H16N2S/c16-14(12-9-5-2-6-10-12)13(15(17)18)11-7-3-1-4-8-11/h1-10,13-14H,16H2,(H2,17,18). The van der Waals surface area contributed by atoms with Gasteiger partial charge >= 0.3 is 0 Å². The third kappa shape index (κ3) is 2.75. The van der Waals surface area contributed by atoms with E-state index in [0.29, 0.717) is 4.99 Å². The van der Waals surface area contributed by atoms with E-state index >= 15 is 0 Å². The number of hydrogen-bond donors (Lipinski definition) is 2. The lowest BCUT2D eigenvalue weighted by Crippen LogP contribution is -2.30. The summed E-state index contributed by atoms with van der Waals surface area (Å²) in [6.07, 6.45) is 0. The zero-order chi connectivity index (χ0) is 13.0. The Balaban J connectivity index is 2.35. The molecule has 0 saturated heterocycles. The third-order valence-corrected chi connectivity index (χ3v) is 3.26. The number of rotatable bonds is 4. The first-order valence-electron chi connectivity index (χ1n) is 5.85. The molecule has 0 saturated carbocycles. The largest absolute Gasteiger partial charge is 0.393 e. The number of hydrogen-bond acceptors (Lipinski definition) is 2. The Morgan fingerprint density at radius 3 is 1.72 bits per heavy atom. The van der Waals surface area contributed by atoms with Crippen LogP contribution in [0.25, 0.3) is 0 Å². The van der Waals surface area contributed by atoms with E-state index in [-0.39, 0.29) is 12.0 Å². The van der Waals surface area contributed by atoms with E-state index in [1.54, 1.807) is 0 Å². The van der Waals surface area contributed by atoms with E-state index in [1.165, 1.54) is 0 Å². The normalized spacial score (nSPS) is 13.8. The summed E-state index contributed by atoms with van der Waals surface area (Å²) in [7, 11) is 0. The van der Waals surface area contributed by atoms with Gasteiger partial charge in [-0.1, -0.05) is 72.9 Å². The molecule has 0 radical (unpaired) electrons. The number of thiocarbonyl (C=S) groups is 1. The van der Waals surface area contributed by atoms with Crippen LogP contribution in [-0.4, -0.2) is 4.99 Å². The van der Waals surface area contributed by atoms with E-state index in [0.717, 1.165) is 11.1 Å². The van der Waals surface area contributed by atoms with E-state index < -0.39 is 0 Å². The summed E-state index contributed by atoms with van der Waals surface area (Å²) in [4.78, 5) is 0.428. The molecule has 2 aromatic carbocycles. The Morgan fingerprint density at radius 2 is 1.28 bits per heavy atom. The van der Waals surface area contributed by atoms with Gasteiger partial charge in [0, 0.05) is 6.04 Å². The molecule has 4 N–H and O–H groups in total. The van der Waals surface area contributed by atoms with Crippen molar-refractivity contribution in [2.24, 2.45) is 11.5 Å². The summed E-state index contributed by atoms with van der Waals surface area (Å²) in [6.45, 7) is 0. The van der Waals surface area contributed by atoms with Gasteiger partial charge in [0.05, 0.1) is 10.9 Å². The van der Waals surface area contributed by atoms with Gasteiger partial charge in [0.2, 0.25) is 0 Å². The minimum atomic E-state index is -0.217. The molecule has 18 heavy (non-hydrogen) atoms. The molecule has 0 bridgehead atoms. The Hall–Kier alpha value is -1.71. The van der Waals surface area contributed by atoms with Crippen molar-refractivity contribution < 1.29 is 0 Å². The molecular weight excluding hydrogens is 240 g/mol. The van der Waals surface area contributed by atoms with Crippen LogP contribution in [0.2, 0.25) is 0 Å². The van der Waals surface area contributed by atoms with Crippen LogP contribution in [0.1, 0.15) is 23.1 Å². The Bertz CT molecular complexity index is 511. The minimum absolute atomic E-state index is 0.136. The fourth-order valence-corrected chi connectivity index (χ4v) is 2.36. The maximum absolute atomic E-state index is 6.30. The molecule has 0 aromatic heterocycles. The topological polar surface area (TPSA) is 52.0 Å². The van der Waals surface area contributed by atoms with Crippen LogP contribution in [0.5, 0.6) is 0 Å². The molecule has 2 atom stereocenters. The van der Waals surface area contributed by atoms with Gasteiger partial charge in [-0.05, 0) is 11.1 Å². The van der Waals surface area contributed by atoms with E-state index in [2.05, 4.69) is 0 Å². The van der Waals surface area contributed by atoms with Crippen LogP contribution in [0.4, 0.5) is 0 Å². The second-order valence-electron chi connectivity index (χ2n) is 4.23. The van der Waals surface area contributed by atoms with Crippen molar-refractivity contribution in [1.82, 2.24) is 0 Å². The van der Waals surface area contributed by atoms with Gasteiger partial charge in [0.15, 0.2) is 0 Å². The highest BCUT2D eigenvalue weighted by Gasteiger charge is 2.23. The van der Waals surface area contributed by atoms with Gasteiger partial charge in [0.25, 0.3) is 0 Å². The molecular formula is C15H16N2S. The van der Waals surface area contributed by atoms with Crippen molar-refractivity contribution in [3.05, 3.63) is 71.8 Å². The summed E-state index contributed by atoms with van der Waals surface area (Å²) in [5, 5.41) is 0. The molecule has 2 unspecified atom stereocenters. The molecule has 2 rings (SSSR count). The zero-order valence-corrected chi connectivity index (χ0v) is 10.8. The predicted octanol–water partition coefficient (Wildman–Crippen LogP) is 2.76. The molecule has 92 valence electrons. The molecule has 2 aromatic rings. The van der Waals surface area contributed by atoms with Crippen LogP contribution < -0.4 is 11.5 Å². The van der Waals surface area contributed by atoms with Crippen molar-refractivity contribution >= 4 is 17.2 Å². The SMILES string of the molecule is NC(=S)C(c1ccccc1)C(N)c1ccccc1. The van der Waals surface area contributed by atoms with Crippen LogP contribution in [-0.2, 0) is 0 Å². The third-order valence-electron chi connectivity index (χ3n) is 3.01. The summed E-state index contributed by atoms with van der Waals surface area (Å²) in [5.74, 6) is -0.136. The molecule has 0 aliphatic rings. The highest BCUT2D eigenvalue weighted by molar-refractivity contribution is 7.80. The maximum atomic E-state index is 6.30. The molecule has 0 aliphatic carbocycles. The average molecular weight is 256 g/mol. The second-order valence-corrected chi connectivity index (χ2v) is 4.70. The van der Waals surface area contributed by atoms with Crippen LogP contribution in [0.3, 0.4) is 0 Å². The van der Waals surface area contributed by atoms with Gasteiger partial charge in [-0.15, -0.1) is 0 Å². The van der Waals surface area contributed by atoms with Gasteiger partial charge in [-0.2, -0.15) is 0 Å². The number of benzene rings is 2. The van der Waals surface area contributed by atoms with Crippen molar-refractivity contribution in [3.8, 4) is 0 Å². The smallest absolute Gasteiger partial charge is 0.0822 e. The summed E-state index contributed by atoms with van der Waals surface area (Å²) in [5.41, 5.74) is 14.3. The fourth-order valence-electron chi connectivity index (χ4n) is 2.08. The first-order chi connectivity index (χ1) is 8.70. The van der Waals surface area contributed by atoms with E-state index in [1.807, 2.05) is 60.7 Å². The van der Waals surface area contributed by atoms with E-state index in [4.69, 9.17) is 23.7 Å². The lowest BCUT2D eigenvalue weighted by molar-refractivity contribution is 0.675. The predicted molar refractivity (Wildman–Crippen MR) is 79.3 cm³/mol. The first-order valence-corrected chi connectivity index (χ1v) is 6.26. The molecule has 3 heteroatoms. The highest BCUT2D eigenvalue weighted by atomic mass is 32.1. The maximum Gasteiger partial charge on any atom is 0.0822 e. The number of nitrogens with two attached hydrogens (primary N) is 2. The Kier molecular flexibility index (Phi) is 4.07. The Labute approximate surface area is 113 Å². The molecule has 0 amide bonds. The van der Waals surface area contributed by atoms with Crippen molar-refractivity contribution in [2.75, 3.05) is 0 Å². The minimum Gasteiger partial charge on any atom is -0.393 e. The van der Waals surface area contributed by atoms with Crippen LogP contribution >= 0.6 is 12.2 Å². The molecule has 0 spiro atoms. The Morgan fingerprint density at radius 1 is 0.833 bits per heavy atom. The lowest BCUT2D eigenvalue weighted by atomic mass is 9.87. The summed E-state index contributed by atoms with van der Waals surface area (Å²) >= 11 is 5.17. The van der Waals surface area contributed by atoms with Crippen molar-refractivity contribution in [1.29, 1.82) is 0 Å². The van der Waals surface area contributed by atoms with Gasteiger partial charge in [-0.25, -0.2) is 0 Å². The zero-order valence-electron chi connectivity index (χ0n) is 9.99. The molecule has 0 aliphatic heterocycles. The lowest BCUT2D eigenvalue weighted by Gasteiger charge is -2.23. The summed E-state index contributed by atoms with van der Waals surface area (Å²) in [6, 6.07) is 19.6. The quantitative estimate of drug-likeness (QED) is 0.827. The van der Waals surface area contributed by atoms with E-state index in [9.17, 15) is 0 Å². The van der Waals surface area contributed by atoms with Crippen molar-refractivity contribution in [2.45, 2.75) is 12.0 Å². The molecule has 0 fully saturated rings. The van der Waals surface area contributed by atoms with Gasteiger partial charge in [0.1, 0.15) is 0 Å².